The molecule has 160 valence electrons. The van der Waals surface area contributed by atoms with Gasteiger partial charge in [-0.2, -0.15) is 0 Å². The Balaban J connectivity index is 1.66. The number of hydrogen-bond donors (Lipinski definition) is 0. The van der Waals surface area contributed by atoms with Crippen LogP contribution >= 0.6 is 23.2 Å². The molecule has 0 spiro atoms. The molecule has 1 heterocycles. The van der Waals surface area contributed by atoms with Crippen LogP contribution < -0.4 is 0 Å². The highest BCUT2D eigenvalue weighted by Crippen LogP contribution is 2.25. The van der Waals surface area contributed by atoms with Crippen molar-refractivity contribution in [3.63, 3.8) is 0 Å². The number of ether oxygens (including phenoxy) is 1. The van der Waals surface area contributed by atoms with Crippen molar-refractivity contribution in [3.05, 3.63) is 69.7 Å². The molecule has 0 saturated carbocycles. The van der Waals surface area contributed by atoms with Crippen LogP contribution in [-0.4, -0.2) is 49.4 Å². The lowest BCUT2D eigenvalue weighted by Crippen LogP contribution is -2.40. The molecule has 0 unspecified atom stereocenters. The monoisotopic (exact) mass is 448 g/mol. The normalized spacial score (nSPS) is 16.7. The van der Waals surface area contributed by atoms with Gasteiger partial charge in [0.2, 0.25) is 0 Å². The largest absolute Gasteiger partial charge is 0.466 e. The fourth-order valence-electron chi connectivity index (χ4n) is 3.54. The maximum absolute atomic E-state index is 12.0. The van der Waals surface area contributed by atoms with Gasteiger partial charge in [0, 0.05) is 24.2 Å². The molecule has 1 atom stereocenters. The molecule has 1 fully saturated rings. The summed E-state index contributed by atoms with van der Waals surface area (Å²) in [5.74, 6) is -0.176. The van der Waals surface area contributed by atoms with Crippen LogP contribution in [0.15, 0.2) is 53.7 Å². The minimum Gasteiger partial charge on any atom is -0.466 e. The van der Waals surface area contributed by atoms with E-state index in [4.69, 9.17) is 32.8 Å². The van der Waals surface area contributed by atoms with Crippen molar-refractivity contribution < 1.29 is 14.4 Å². The molecular formula is C23H26Cl2N2O3. The van der Waals surface area contributed by atoms with E-state index in [1.54, 1.807) is 0 Å². The summed E-state index contributed by atoms with van der Waals surface area (Å²) in [5.41, 5.74) is 2.11. The number of nitrogens with zero attached hydrogens (tertiary/aromatic N) is 2. The molecule has 3 rings (SSSR count). The summed E-state index contributed by atoms with van der Waals surface area (Å²) in [6, 6.07) is 14.9. The maximum Gasteiger partial charge on any atom is 0.310 e. The number of halogens is 2. The van der Waals surface area contributed by atoms with E-state index in [0.29, 0.717) is 42.1 Å². The van der Waals surface area contributed by atoms with E-state index in [0.717, 1.165) is 30.5 Å². The second-order valence-electron chi connectivity index (χ2n) is 7.12. The minimum atomic E-state index is -0.110. The first-order chi connectivity index (χ1) is 14.6. The van der Waals surface area contributed by atoms with Crippen molar-refractivity contribution in [2.24, 2.45) is 11.1 Å². The van der Waals surface area contributed by atoms with Crippen LogP contribution in [-0.2, 0) is 14.4 Å². The third-order valence-electron chi connectivity index (χ3n) is 5.04. The van der Waals surface area contributed by atoms with Crippen molar-refractivity contribution in [2.75, 3.05) is 32.8 Å². The Bertz CT molecular complexity index is 841. The highest BCUT2D eigenvalue weighted by Gasteiger charge is 2.26. The van der Waals surface area contributed by atoms with Crippen molar-refractivity contribution >= 4 is 34.9 Å². The Morgan fingerprint density at radius 1 is 1.10 bits per heavy atom. The van der Waals surface area contributed by atoms with E-state index in [1.807, 2.05) is 55.5 Å². The molecule has 7 heteroatoms. The van der Waals surface area contributed by atoms with Gasteiger partial charge >= 0.3 is 5.97 Å². The topological polar surface area (TPSA) is 51.1 Å². The Morgan fingerprint density at radius 2 is 1.73 bits per heavy atom. The molecule has 5 nitrogen and oxygen atoms in total. The second-order valence-corrected chi connectivity index (χ2v) is 7.94. The summed E-state index contributed by atoms with van der Waals surface area (Å²) in [4.78, 5) is 19.9. The van der Waals surface area contributed by atoms with E-state index >= 15 is 0 Å². The molecule has 1 saturated heterocycles. The third kappa shape index (κ3) is 5.97. The quantitative estimate of drug-likeness (QED) is 0.245. The van der Waals surface area contributed by atoms with Gasteiger partial charge in [0.1, 0.15) is 12.3 Å². The van der Waals surface area contributed by atoms with Gasteiger partial charge in [-0.25, -0.2) is 0 Å². The summed E-state index contributed by atoms with van der Waals surface area (Å²) in [6.45, 7) is 4.95. The number of benzene rings is 2. The lowest BCUT2D eigenvalue weighted by atomic mass is 9.98. The van der Waals surface area contributed by atoms with E-state index in [2.05, 4.69) is 10.1 Å². The molecule has 2 aromatic rings. The Labute approximate surface area is 187 Å². The Morgan fingerprint density at radius 3 is 2.33 bits per heavy atom. The highest BCUT2D eigenvalue weighted by atomic mass is 35.5. The number of rotatable bonds is 8. The predicted octanol–water partition coefficient (Wildman–Crippen LogP) is 5.04. The number of piperidine rings is 1. The number of oxime groups is 1. The average Bonchev–Trinajstić information content (AvgIpc) is 2.76. The van der Waals surface area contributed by atoms with Crippen molar-refractivity contribution in [3.8, 4) is 0 Å². The molecule has 2 aromatic carbocycles. The van der Waals surface area contributed by atoms with E-state index in [1.165, 1.54) is 0 Å². The lowest BCUT2D eigenvalue weighted by Gasteiger charge is -2.30. The van der Waals surface area contributed by atoms with Crippen molar-refractivity contribution in [2.45, 2.75) is 19.8 Å². The molecule has 0 amide bonds. The molecular weight excluding hydrogens is 423 g/mol. The third-order valence-corrected chi connectivity index (χ3v) is 5.70. The summed E-state index contributed by atoms with van der Waals surface area (Å²) in [7, 11) is 0. The number of carbonyl (C=O) groups excluding carboxylic acids is 1. The van der Waals surface area contributed by atoms with Gasteiger partial charge in [-0.05, 0) is 38.4 Å². The maximum atomic E-state index is 12.0. The minimum absolute atomic E-state index is 0.0657. The Hall–Kier alpha value is -2.08. The zero-order valence-electron chi connectivity index (χ0n) is 17.0. The molecule has 0 aromatic heterocycles. The first kappa shape index (κ1) is 22.6. The SMILES string of the molecule is CCOC(=O)[C@@H]1CCCN(CCON=C(c2ccccc2Cl)c2ccccc2Cl)C1. The summed E-state index contributed by atoms with van der Waals surface area (Å²) in [6.07, 6.45) is 1.84. The number of carbonyl (C=O) groups is 1. The van der Waals surface area contributed by atoms with Crippen LogP contribution in [0, 0.1) is 5.92 Å². The van der Waals surface area contributed by atoms with Gasteiger partial charge < -0.3 is 9.57 Å². The smallest absolute Gasteiger partial charge is 0.310 e. The van der Waals surface area contributed by atoms with Crippen LogP contribution in [0.25, 0.3) is 0 Å². The number of esters is 1. The van der Waals surface area contributed by atoms with Gasteiger partial charge in [-0.1, -0.05) is 64.8 Å². The summed E-state index contributed by atoms with van der Waals surface area (Å²) in [5, 5.41) is 5.54. The van der Waals surface area contributed by atoms with Crippen LogP contribution in [0.2, 0.25) is 10.0 Å². The standard InChI is InChI=1S/C23H26Cl2N2O3/c1-2-29-23(28)17-8-7-13-27(16-17)14-15-30-26-22(18-9-3-5-11-20(18)24)19-10-4-6-12-21(19)25/h3-6,9-12,17H,2,7-8,13-16H2,1H3/t17-/m1/s1. The van der Waals surface area contributed by atoms with Gasteiger partial charge in [-0.3, -0.25) is 9.69 Å². The van der Waals surface area contributed by atoms with Crippen LogP contribution in [0.4, 0.5) is 0 Å². The molecule has 0 bridgehead atoms. The fraction of sp³-hybridized carbons (Fsp3) is 0.391. The Kier molecular flexibility index (Phi) is 8.55. The van der Waals surface area contributed by atoms with Gasteiger partial charge in [-0.15, -0.1) is 0 Å². The van der Waals surface area contributed by atoms with Crippen LogP contribution in [0.3, 0.4) is 0 Å². The second kappa shape index (κ2) is 11.3. The molecule has 0 aliphatic carbocycles. The zero-order chi connectivity index (χ0) is 21.3. The molecule has 0 N–H and O–H groups in total. The lowest BCUT2D eigenvalue weighted by molar-refractivity contribution is -0.150. The molecule has 0 radical (unpaired) electrons. The highest BCUT2D eigenvalue weighted by molar-refractivity contribution is 6.38. The zero-order valence-corrected chi connectivity index (χ0v) is 18.5. The molecule has 1 aliphatic rings. The summed E-state index contributed by atoms with van der Waals surface area (Å²) >= 11 is 12.8. The molecule has 1 aliphatic heterocycles. The first-order valence-electron chi connectivity index (χ1n) is 10.2. The molecule has 30 heavy (non-hydrogen) atoms. The van der Waals surface area contributed by atoms with Gasteiger partial charge in [0.25, 0.3) is 0 Å². The first-order valence-corrected chi connectivity index (χ1v) is 10.9. The van der Waals surface area contributed by atoms with Crippen LogP contribution in [0.5, 0.6) is 0 Å². The predicted molar refractivity (Wildman–Crippen MR) is 120 cm³/mol. The summed E-state index contributed by atoms with van der Waals surface area (Å²) < 4.78 is 5.16. The van der Waals surface area contributed by atoms with E-state index in [9.17, 15) is 4.79 Å². The van der Waals surface area contributed by atoms with Crippen molar-refractivity contribution in [1.82, 2.24) is 4.90 Å². The van der Waals surface area contributed by atoms with Gasteiger partial charge in [0.05, 0.1) is 22.6 Å². The fourth-order valence-corrected chi connectivity index (χ4v) is 3.99. The van der Waals surface area contributed by atoms with Crippen molar-refractivity contribution in [1.29, 1.82) is 0 Å². The van der Waals surface area contributed by atoms with E-state index < -0.39 is 0 Å². The van der Waals surface area contributed by atoms with Gasteiger partial charge in [0.15, 0.2) is 0 Å². The van der Waals surface area contributed by atoms with E-state index in [-0.39, 0.29) is 11.9 Å². The number of hydrogen-bond acceptors (Lipinski definition) is 5. The van der Waals surface area contributed by atoms with Crippen LogP contribution in [0.1, 0.15) is 30.9 Å². The number of likely N-dealkylation sites (tertiary alicyclic amines) is 1. The average molecular weight is 449 g/mol.